The molecule has 0 saturated carbocycles. The average Bonchev–Trinajstić information content (AvgIpc) is 3.24. The number of phenols is 1. The summed E-state index contributed by atoms with van der Waals surface area (Å²) in [7, 11) is 8.65. The van der Waals surface area contributed by atoms with Crippen molar-refractivity contribution >= 4 is 11.9 Å². The zero-order valence-electron chi connectivity index (χ0n) is 36.6. The molecule has 4 aliphatic rings. The molecule has 0 amide bonds. The van der Waals surface area contributed by atoms with Crippen molar-refractivity contribution in [3.05, 3.63) is 94.0 Å². The Morgan fingerprint density at radius 2 is 1.25 bits per heavy atom. The molecule has 12 nitrogen and oxygen atoms in total. The van der Waals surface area contributed by atoms with Gasteiger partial charge in [-0.2, -0.15) is 0 Å². The summed E-state index contributed by atoms with van der Waals surface area (Å²) in [5.74, 6) is 0.347. The van der Waals surface area contributed by atoms with E-state index in [1.165, 1.54) is 7.11 Å². The van der Waals surface area contributed by atoms with Crippen LogP contribution in [-0.4, -0.2) is 86.6 Å². The van der Waals surface area contributed by atoms with E-state index in [0.717, 1.165) is 47.1 Å². The Kier molecular flexibility index (Phi) is 12.8. The smallest absolute Gasteiger partial charge is 0.201 e. The van der Waals surface area contributed by atoms with Gasteiger partial charge < -0.3 is 57.6 Å². The molecule has 0 aromatic heterocycles. The Balaban J connectivity index is 1.52. The number of hydrogen-bond acceptors (Lipinski definition) is 10. The van der Waals surface area contributed by atoms with E-state index >= 15 is 0 Å². The number of likely N-dealkylation sites (N-methyl/N-ethyl adjacent to an activating group) is 2. The van der Waals surface area contributed by atoms with Crippen molar-refractivity contribution in [3.8, 4) is 46.0 Å². The van der Waals surface area contributed by atoms with Crippen LogP contribution >= 0.6 is 0 Å². The molecule has 0 spiro atoms. The van der Waals surface area contributed by atoms with Gasteiger partial charge in [0, 0.05) is 44.1 Å². The van der Waals surface area contributed by atoms with E-state index in [1.807, 2.05) is 81.7 Å². The SMILES string of the molecule is CCCCC(C(=O)[O-])[N+]1(C)CCc2cc(OC)c3cc2C1Cc1ccc(cc1)Oc1cc(ccc1OC)CC1c2c(cc(OC)c(O)c2O3)CC[N+]1(C)C(CCCC)C(=O)[O-]. The molecule has 4 aromatic rings. The summed E-state index contributed by atoms with van der Waals surface area (Å²) in [5, 5.41) is 38.5. The van der Waals surface area contributed by atoms with Crippen LogP contribution in [0.4, 0.5) is 0 Å². The maximum absolute atomic E-state index is 13.2. The van der Waals surface area contributed by atoms with E-state index < -0.39 is 30.1 Å². The van der Waals surface area contributed by atoms with Crippen LogP contribution in [0.15, 0.2) is 60.7 Å². The Bertz CT molecular complexity index is 2260. The zero-order chi connectivity index (χ0) is 43.6. The number of methoxy groups -OCH3 is 3. The van der Waals surface area contributed by atoms with E-state index in [0.29, 0.717) is 92.3 Å². The van der Waals surface area contributed by atoms with Gasteiger partial charge in [0.25, 0.3) is 0 Å². The van der Waals surface area contributed by atoms with E-state index in [1.54, 1.807) is 14.2 Å². The highest BCUT2D eigenvalue weighted by molar-refractivity contribution is 5.71. The maximum Gasteiger partial charge on any atom is 0.201 e. The van der Waals surface area contributed by atoms with E-state index in [9.17, 15) is 24.9 Å². The fourth-order valence-electron chi connectivity index (χ4n) is 10.3. The van der Waals surface area contributed by atoms with Crippen LogP contribution in [0.25, 0.3) is 0 Å². The third kappa shape index (κ3) is 8.20. The topological polar surface area (TPSA) is 147 Å². The summed E-state index contributed by atoms with van der Waals surface area (Å²) in [4.78, 5) is 26.3. The first-order valence-electron chi connectivity index (χ1n) is 21.7. The van der Waals surface area contributed by atoms with Gasteiger partial charge in [0.2, 0.25) is 5.75 Å². The number of quaternary nitrogens is 2. The molecule has 326 valence electrons. The lowest BCUT2D eigenvalue weighted by atomic mass is 9.83. The van der Waals surface area contributed by atoms with Crippen LogP contribution in [0.3, 0.4) is 0 Å². The minimum atomic E-state index is -1.13. The standard InChI is InChI=1S/C49H60N2O10/c1-8-10-12-36(48(53)54)50(3)22-20-32-27-41(58-6)43-29-35(32)38(50)24-30-14-17-34(18-15-30)60-42-26-31(16-19-40(42)57-5)25-39-45-33(28-44(59-7)46(52)47(45)61-43)21-23-51(39,4)37(49(55)56)13-11-9-2/h14-19,26-29,36-39H,8-13,20-25H2,1-7H3,(H-2,52,53,54,55,56). The number of phenolic OH excluding ortho intramolecular Hbond substituents is 1. The molecule has 4 heterocycles. The van der Waals surface area contributed by atoms with Gasteiger partial charge >= 0.3 is 0 Å². The third-order valence-electron chi connectivity index (χ3n) is 13.9. The van der Waals surface area contributed by atoms with Gasteiger partial charge in [0.15, 0.2) is 34.5 Å². The molecular formula is C49H60N2O10. The van der Waals surface area contributed by atoms with E-state index in [4.69, 9.17) is 23.7 Å². The van der Waals surface area contributed by atoms with E-state index in [2.05, 4.69) is 6.92 Å². The molecule has 12 heteroatoms. The second kappa shape index (κ2) is 17.9. The minimum Gasteiger partial charge on any atom is -0.544 e. The molecule has 61 heavy (non-hydrogen) atoms. The molecule has 0 radical (unpaired) electrons. The van der Waals surface area contributed by atoms with Gasteiger partial charge in [-0.15, -0.1) is 0 Å². The summed E-state index contributed by atoms with van der Waals surface area (Å²) >= 11 is 0. The van der Waals surface area contributed by atoms with Gasteiger partial charge in [-0.3, -0.25) is 0 Å². The Labute approximate surface area is 359 Å². The number of fused-ring (bicyclic) bond motifs is 2. The van der Waals surface area contributed by atoms with Crippen molar-refractivity contribution in [2.45, 2.75) is 102 Å². The Morgan fingerprint density at radius 3 is 1.84 bits per heavy atom. The first kappa shape index (κ1) is 43.6. The fraction of sp³-hybridized carbons (Fsp3) is 0.469. The van der Waals surface area contributed by atoms with Crippen molar-refractivity contribution in [2.75, 3.05) is 48.5 Å². The number of ether oxygens (including phenoxy) is 5. The molecule has 0 aliphatic carbocycles. The number of nitrogens with zero attached hydrogens (tertiary/aromatic N) is 2. The third-order valence-corrected chi connectivity index (χ3v) is 13.9. The molecule has 6 bridgehead atoms. The van der Waals surface area contributed by atoms with Gasteiger partial charge in [0.1, 0.15) is 29.9 Å². The van der Waals surface area contributed by atoms with Crippen molar-refractivity contribution in [2.24, 2.45) is 0 Å². The van der Waals surface area contributed by atoms with Gasteiger partial charge in [-0.25, -0.2) is 0 Å². The first-order chi connectivity index (χ1) is 29.3. The van der Waals surface area contributed by atoms with Gasteiger partial charge in [0.05, 0.1) is 66.0 Å². The summed E-state index contributed by atoms with van der Waals surface area (Å²) in [6.45, 7) is 5.15. The van der Waals surface area contributed by atoms with Crippen LogP contribution in [-0.2, 0) is 35.3 Å². The fourth-order valence-corrected chi connectivity index (χ4v) is 10.3. The molecule has 0 saturated heterocycles. The normalized spacial score (nSPS) is 22.6. The second-order valence-corrected chi connectivity index (χ2v) is 17.4. The number of unbranched alkanes of at least 4 members (excludes halogenated alkanes) is 2. The quantitative estimate of drug-likeness (QED) is 0.148. The minimum absolute atomic E-state index is 0.0999. The lowest BCUT2D eigenvalue weighted by Crippen LogP contribution is -2.63. The van der Waals surface area contributed by atoms with Crippen LogP contribution in [0.2, 0.25) is 0 Å². The number of carbonyl (C=O) groups excluding carboxylic acids is 2. The van der Waals surface area contributed by atoms with Crippen molar-refractivity contribution in [3.63, 3.8) is 0 Å². The highest BCUT2D eigenvalue weighted by atomic mass is 16.5. The molecule has 8 rings (SSSR count). The number of aliphatic carboxylic acids is 2. The predicted octanol–water partition coefficient (Wildman–Crippen LogP) is 6.51. The zero-order valence-corrected chi connectivity index (χ0v) is 36.6. The number of carbonyl (C=O) groups is 2. The Morgan fingerprint density at radius 1 is 0.705 bits per heavy atom. The highest BCUT2D eigenvalue weighted by Crippen LogP contribution is 2.54. The van der Waals surface area contributed by atoms with Crippen molar-refractivity contribution in [1.29, 1.82) is 0 Å². The number of rotatable bonds is 13. The summed E-state index contributed by atoms with van der Waals surface area (Å²) < 4.78 is 31.4. The van der Waals surface area contributed by atoms with Crippen molar-refractivity contribution in [1.82, 2.24) is 0 Å². The number of carboxylic acid groups (broad SMARTS) is 2. The van der Waals surface area contributed by atoms with Crippen LogP contribution < -0.4 is 33.9 Å². The average molecular weight is 837 g/mol. The monoisotopic (exact) mass is 836 g/mol. The lowest BCUT2D eigenvalue weighted by molar-refractivity contribution is -0.958. The van der Waals surface area contributed by atoms with Crippen LogP contribution in [0.1, 0.15) is 97.8 Å². The largest absolute Gasteiger partial charge is 0.544 e. The molecule has 0 fully saturated rings. The lowest BCUT2D eigenvalue weighted by Gasteiger charge is -2.51. The maximum atomic E-state index is 13.2. The molecule has 4 aliphatic heterocycles. The molecular weight excluding hydrogens is 777 g/mol. The second-order valence-electron chi connectivity index (χ2n) is 17.4. The summed E-state index contributed by atoms with van der Waals surface area (Å²) in [6.07, 6.45) is 5.94. The van der Waals surface area contributed by atoms with Crippen LogP contribution in [0, 0.1) is 0 Å². The number of hydrogen-bond donors (Lipinski definition) is 1. The van der Waals surface area contributed by atoms with Crippen LogP contribution in [0.5, 0.6) is 46.0 Å². The molecule has 1 N–H and O–H groups in total. The summed E-state index contributed by atoms with van der Waals surface area (Å²) in [6, 6.07) is 16.8. The first-order valence-corrected chi connectivity index (χ1v) is 21.7. The molecule has 4 aromatic carbocycles. The predicted molar refractivity (Wildman–Crippen MR) is 226 cm³/mol. The number of benzene rings is 4. The summed E-state index contributed by atoms with van der Waals surface area (Å²) in [5.41, 5.74) is 5.32. The van der Waals surface area contributed by atoms with Gasteiger partial charge in [-0.1, -0.05) is 44.9 Å². The molecule has 6 atom stereocenters. The highest BCUT2D eigenvalue weighted by Gasteiger charge is 2.49. The van der Waals surface area contributed by atoms with Gasteiger partial charge in [-0.05, 0) is 77.6 Å². The Hall–Kier alpha value is -5.46. The van der Waals surface area contributed by atoms with E-state index in [-0.39, 0.29) is 32.3 Å². The number of carboxylic acids is 2. The molecule has 6 unspecified atom stereocenters. The van der Waals surface area contributed by atoms with Crippen molar-refractivity contribution < 1.29 is 57.6 Å². The number of aromatic hydroxyl groups is 1.